The monoisotopic (exact) mass is 302 g/mol. The smallest absolute Gasteiger partial charge is 0.321 e. The molecule has 19 heavy (non-hydrogen) atoms. The maximum atomic E-state index is 12.0. The summed E-state index contributed by atoms with van der Waals surface area (Å²) in [5.74, 6) is 0.393. The van der Waals surface area contributed by atoms with E-state index in [9.17, 15) is 4.79 Å². The number of hydrogen-bond acceptors (Lipinski definition) is 2. The standard InChI is InChI=1S/C13H16Cl2N2O2/c14-11-2-1-10(7-12(11)15)16-13(19)17-5-3-9(8-17)4-6-18/h1-2,7,9,18H,3-6,8H2,(H,16,19). The Morgan fingerprint density at radius 1 is 1.42 bits per heavy atom. The molecule has 1 aliphatic rings. The highest BCUT2D eigenvalue weighted by Crippen LogP contribution is 2.26. The highest BCUT2D eigenvalue weighted by atomic mass is 35.5. The molecule has 1 aromatic rings. The molecule has 2 amide bonds. The molecule has 6 heteroatoms. The number of carbonyl (C=O) groups is 1. The zero-order chi connectivity index (χ0) is 13.8. The summed E-state index contributed by atoms with van der Waals surface area (Å²) >= 11 is 11.7. The molecule has 1 aromatic carbocycles. The number of aliphatic hydroxyl groups excluding tert-OH is 1. The van der Waals surface area contributed by atoms with Crippen LogP contribution in [0.15, 0.2) is 18.2 Å². The van der Waals surface area contributed by atoms with Gasteiger partial charge in [-0.05, 0) is 37.0 Å². The molecule has 1 fully saturated rings. The summed E-state index contributed by atoms with van der Waals surface area (Å²) in [4.78, 5) is 13.8. The van der Waals surface area contributed by atoms with Crippen LogP contribution in [0.5, 0.6) is 0 Å². The number of nitrogens with one attached hydrogen (secondary N) is 1. The van der Waals surface area contributed by atoms with Gasteiger partial charge in [0.1, 0.15) is 0 Å². The van der Waals surface area contributed by atoms with Crippen molar-refractivity contribution < 1.29 is 9.90 Å². The summed E-state index contributed by atoms with van der Waals surface area (Å²) in [6, 6.07) is 4.85. The first kappa shape index (κ1) is 14.4. The molecular formula is C13H16Cl2N2O2. The molecule has 1 atom stereocenters. The summed E-state index contributed by atoms with van der Waals surface area (Å²) < 4.78 is 0. The van der Waals surface area contributed by atoms with Crippen molar-refractivity contribution in [3.8, 4) is 0 Å². The van der Waals surface area contributed by atoms with Gasteiger partial charge in [-0.25, -0.2) is 4.79 Å². The second kappa shape index (κ2) is 6.46. The molecule has 2 rings (SSSR count). The Morgan fingerprint density at radius 2 is 2.21 bits per heavy atom. The van der Waals surface area contributed by atoms with Gasteiger partial charge in [-0.3, -0.25) is 0 Å². The third kappa shape index (κ3) is 3.75. The lowest BCUT2D eigenvalue weighted by Crippen LogP contribution is -2.33. The van der Waals surface area contributed by atoms with Crippen molar-refractivity contribution in [3.05, 3.63) is 28.2 Å². The van der Waals surface area contributed by atoms with Crippen LogP contribution in [0.25, 0.3) is 0 Å². The van der Waals surface area contributed by atoms with Gasteiger partial charge in [0, 0.05) is 25.4 Å². The molecule has 0 radical (unpaired) electrons. The largest absolute Gasteiger partial charge is 0.396 e. The van der Waals surface area contributed by atoms with Crippen molar-refractivity contribution in [2.75, 3.05) is 25.0 Å². The normalized spacial score (nSPS) is 18.7. The average Bonchev–Trinajstić information content (AvgIpc) is 2.83. The topological polar surface area (TPSA) is 52.6 Å². The Kier molecular flexibility index (Phi) is 4.91. The average molecular weight is 303 g/mol. The van der Waals surface area contributed by atoms with Gasteiger partial charge in [0.2, 0.25) is 0 Å². The van der Waals surface area contributed by atoms with Gasteiger partial charge in [0.05, 0.1) is 10.0 Å². The van der Waals surface area contributed by atoms with E-state index in [1.807, 2.05) is 0 Å². The predicted molar refractivity (Wildman–Crippen MR) is 76.9 cm³/mol. The highest BCUT2D eigenvalue weighted by Gasteiger charge is 2.25. The van der Waals surface area contributed by atoms with Gasteiger partial charge in [0.25, 0.3) is 0 Å². The number of aliphatic hydroxyl groups is 1. The van der Waals surface area contributed by atoms with Crippen molar-refractivity contribution in [1.82, 2.24) is 4.90 Å². The molecule has 104 valence electrons. The number of anilines is 1. The van der Waals surface area contributed by atoms with Crippen LogP contribution >= 0.6 is 23.2 Å². The van der Waals surface area contributed by atoms with Gasteiger partial charge < -0.3 is 15.3 Å². The van der Waals surface area contributed by atoms with Crippen molar-refractivity contribution in [1.29, 1.82) is 0 Å². The van der Waals surface area contributed by atoms with E-state index in [-0.39, 0.29) is 12.6 Å². The van der Waals surface area contributed by atoms with Gasteiger partial charge in [0.15, 0.2) is 0 Å². The Labute approximate surface area is 122 Å². The lowest BCUT2D eigenvalue weighted by atomic mass is 10.1. The lowest BCUT2D eigenvalue weighted by molar-refractivity contribution is 0.217. The van der Waals surface area contributed by atoms with Crippen LogP contribution in [0.1, 0.15) is 12.8 Å². The zero-order valence-electron chi connectivity index (χ0n) is 10.4. The Bertz CT molecular complexity index is 468. The Hall–Kier alpha value is -0.970. The summed E-state index contributed by atoms with van der Waals surface area (Å²) in [5.41, 5.74) is 0.630. The quantitative estimate of drug-likeness (QED) is 0.900. The molecular weight excluding hydrogens is 287 g/mol. The highest BCUT2D eigenvalue weighted by molar-refractivity contribution is 6.42. The van der Waals surface area contributed by atoms with Crippen molar-refractivity contribution in [3.63, 3.8) is 0 Å². The van der Waals surface area contributed by atoms with Crippen molar-refractivity contribution in [2.45, 2.75) is 12.8 Å². The fraction of sp³-hybridized carbons (Fsp3) is 0.462. The van der Waals surface area contributed by atoms with Gasteiger partial charge >= 0.3 is 6.03 Å². The van der Waals surface area contributed by atoms with Gasteiger partial charge in [-0.1, -0.05) is 23.2 Å². The molecule has 1 unspecified atom stereocenters. The minimum absolute atomic E-state index is 0.140. The molecule has 2 N–H and O–H groups in total. The fourth-order valence-corrected chi connectivity index (χ4v) is 2.51. The van der Waals surface area contributed by atoms with E-state index < -0.39 is 0 Å². The molecule has 0 aromatic heterocycles. The van der Waals surface area contributed by atoms with Gasteiger partial charge in [-0.2, -0.15) is 0 Å². The van der Waals surface area contributed by atoms with Crippen molar-refractivity contribution in [2.24, 2.45) is 5.92 Å². The minimum atomic E-state index is -0.140. The third-order valence-corrected chi connectivity index (χ3v) is 4.02. The number of rotatable bonds is 3. The lowest BCUT2D eigenvalue weighted by Gasteiger charge is -2.17. The number of likely N-dealkylation sites (tertiary alicyclic amines) is 1. The van der Waals surface area contributed by atoms with Crippen LogP contribution < -0.4 is 5.32 Å². The van der Waals surface area contributed by atoms with Crippen LogP contribution in [-0.2, 0) is 0 Å². The SMILES string of the molecule is O=C(Nc1ccc(Cl)c(Cl)c1)N1CCC(CCO)C1. The molecule has 0 bridgehead atoms. The third-order valence-electron chi connectivity index (χ3n) is 3.28. The maximum absolute atomic E-state index is 12.0. The van der Waals surface area contributed by atoms with Gasteiger partial charge in [-0.15, -0.1) is 0 Å². The van der Waals surface area contributed by atoms with E-state index in [1.165, 1.54) is 0 Å². The van der Waals surface area contributed by atoms with E-state index in [0.717, 1.165) is 19.4 Å². The number of urea groups is 1. The molecule has 0 saturated carbocycles. The first-order chi connectivity index (χ1) is 9.10. The van der Waals surface area contributed by atoms with Crippen LogP contribution in [-0.4, -0.2) is 35.7 Å². The number of hydrogen-bond donors (Lipinski definition) is 2. The van der Waals surface area contributed by atoms with Crippen LogP contribution in [0.3, 0.4) is 0 Å². The molecule has 0 aliphatic carbocycles. The van der Waals surface area contributed by atoms with E-state index in [2.05, 4.69) is 5.32 Å². The second-order valence-corrected chi connectivity index (χ2v) is 5.49. The second-order valence-electron chi connectivity index (χ2n) is 4.67. The first-order valence-corrected chi connectivity index (χ1v) is 6.97. The molecule has 0 spiro atoms. The number of halogens is 2. The van der Waals surface area contributed by atoms with Crippen LogP contribution in [0.2, 0.25) is 10.0 Å². The van der Waals surface area contributed by atoms with Crippen LogP contribution in [0, 0.1) is 5.92 Å². The Balaban J connectivity index is 1.92. The summed E-state index contributed by atoms with van der Waals surface area (Å²) in [7, 11) is 0. The van der Waals surface area contributed by atoms with E-state index >= 15 is 0 Å². The Morgan fingerprint density at radius 3 is 2.89 bits per heavy atom. The molecule has 4 nitrogen and oxygen atoms in total. The van der Waals surface area contributed by atoms with Crippen molar-refractivity contribution >= 4 is 34.9 Å². The molecule has 1 aliphatic heterocycles. The first-order valence-electron chi connectivity index (χ1n) is 6.22. The molecule has 1 heterocycles. The fourth-order valence-electron chi connectivity index (χ4n) is 2.21. The van der Waals surface area contributed by atoms with E-state index in [0.29, 0.717) is 28.2 Å². The van der Waals surface area contributed by atoms with E-state index in [4.69, 9.17) is 28.3 Å². The molecule has 1 saturated heterocycles. The maximum Gasteiger partial charge on any atom is 0.321 e. The summed E-state index contributed by atoms with van der Waals surface area (Å²) in [5, 5.41) is 12.6. The van der Waals surface area contributed by atoms with Crippen LogP contribution in [0.4, 0.5) is 10.5 Å². The number of nitrogens with zero attached hydrogens (tertiary/aromatic N) is 1. The summed E-state index contributed by atoms with van der Waals surface area (Å²) in [6.07, 6.45) is 1.69. The minimum Gasteiger partial charge on any atom is -0.396 e. The zero-order valence-corrected chi connectivity index (χ0v) is 11.9. The number of benzene rings is 1. The summed E-state index contributed by atoms with van der Waals surface area (Å²) in [6.45, 7) is 1.58. The predicted octanol–water partition coefficient (Wildman–Crippen LogP) is 3.23. The van der Waals surface area contributed by atoms with E-state index in [1.54, 1.807) is 23.1 Å². The number of amides is 2. The number of carbonyl (C=O) groups excluding carboxylic acids is 1.